The summed E-state index contributed by atoms with van der Waals surface area (Å²) in [4.78, 5) is 33.1. The summed E-state index contributed by atoms with van der Waals surface area (Å²) in [6.45, 7) is -0.118. The van der Waals surface area contributed by atoms with Crippen molar-refractivity contribution in [1.29, 1.82) is 0 Å². The maximum absolute atomic E-state index is 11.8. The van der Waals surface area contributed by atoms with Crippen molar-refractivity contribution in [1.82, 2.24) is 14.3 Å². The molecule has 0 aliphatic carbocycles. The first-order valence-corrected chi connectivity index (χ1v) is 6.59. The van der Waals surface area contributed by atoms with E-state index in [-0.39, 0.29) is 13.1 Å². The van der Waals surface area contributed by atoms with Crippen molar-refractivity contribution >= 4 is 28.2 Å². The van der Waals surface area contributed by atoms with E-state index in [1.165, 1.54) is 0 Å². The number of carboxylic acid groups (broad SMARTS) is 1. The van der Waals surface area contributed by atoms with Gasteiger partial charge in [-0.15, -0.1) is 0 Å². The van der Waals surface area contributed by atoms with Crippen LogP contribution in [0.5, 0.6) is 0 Å². The molecule has 10 nitrogen and oxygen atoms in total. The molecule has 0 aromatic heterocycles. The highest BCUT2D eigenvalue weighted by atomic mass is 32.2. The molecule has 0 aromatic carbocycles. The van der Waals surface area contributed by atoms with E-state index in [1.54, 1.807) is 4.72 Å². The minimum Gasteiger partial charge on any atom is -0.481 e. The lowest BCUT2D eigenvalue weighted by Gasteiger charge is -2.32. The Morgan fingerprint density at radius 2 is 2.21 bits per heavy atom. The lowest BCUT2D eigenvalue weighted by Crippen LogP contribution is -2.60. The molecule has 1 aliphatic rings. The summed E-state index contributed by atoms with van der Waals surface area (Å²) < 4.78 is 30.0. The number of hydrogen-bond donors (Lipinski definition) is 3. The molecule has 1 atom stereocenters. The molecule has 1 rings (SSSR count). The molecule has 0 saturated carbocycles. The van der Waals surface area contributed by atoms with Gasteiger partial charge < -0.3 is 15.2 Å². The van der Waals surface area contributed by atoms with Crippen molar-refractivity contribution < 1.29 is 32.6 Å². The Morgan fingerprint density at radius 1 is 1.58 bits per heavy atom. The average Bonchev–Trinajstić information content (AvgIpc) is 2.30. The molecule has 11 heteroatoms. The second-order valence-electron chi connectivity index (χ2n) is 3.61. The summed E-state index contributed by atoms with van der Waals surface area (Å²) in [5.74, 6) is -2.07. The van der Waals surface area contributed by atoms with Crippen LogP contribution >= 0.6 is 0 Å². The van der Waals surface area contributed by atoms with Crippen LogP contribution in [0.3, 0.4) is 0 Å². The fourth-order valence-corrected chi connectivity index (χ4v) is 2.80. The Bertz CT molecular complexity index is 489. The summed E-state index contributed by atoms with van der Waals surface area (Å²) in [6.07, 6.45) is -1.92. The number of nitrogens with zero attached hydrogens (tertiary/aromatic N) is 1. The quantitative estimate of drug-likeness (QED) is 0.537. The molecule has 108 valence electrons. The van der Waals surface area contributed by atoms with Gasteiger partial charge in [0, 0.05) is 13.1 Å². The SMILES string of the molecule is COC(=O)NS(=O)(=O)N1CCNC(=O)C1CC(=O)O. The van der Waals surface area contributed by atoms with Gasteiger partial charge in [0.1, 0.15) is 6.04 Å². The standard InChI is InChI=1S/C8H13N3O7S/c1-18-8(15)10-19(16,17)11-3-2-9-7(14)5(11)4-6(12)13/h5H,2-4H2,1H3,(H,9,14)(H,10,15)(H,12,13). The highest BCUT2D eigenvalue weighted by Gasteiger charge is 2.39. The van der Waals surface area contributed by atoms with E-state index in [9.17, 15) is 22.8 Å². The number of piperazine rings is 1. The fraction of sp³-hybridized carbons (Fsp3) is 0.625. The van der Waals surface area contributed by atoms with Crippen molar-refractivity contribution in [2.75, 3.05) is 20.2 Å². The highest BCUT2D eigenvalue weighted by Crippen LogP contribution is 2.13. The van der Waals surface area contributed by atoms with Crippen LogP contribution in [-0.4, -0.2) is 62.0 Å². The van der Waals surface area contributed by atoms with Gasteiger partial charge in [0.15, 0.2) is 0 Å². The minimum absolute atomic E-state index is 0.0248. The van der Waals surface area contributed by atoms with E-state index in [1.807, 2.05) is 0 Å². The number of carbonyl (C=O) groups is 3. The summed E-state index contributed by atoms with van der Waals surface area (Å²) in [6, 6.07) is -1.41. The zero-order valence-corrected chi connectivity index (χ0v) is 10.8. The normalized spacial score (nSPS) is 20.5. The number of ether oxygens (including phenoxy) is 1. The van der Waals surface area contributed by atoms with Gasteiger partial charge in [-0.2, -0.15) is 12.7 Å². The van der Waals surface area contributed by atoms with Crippen molar-refractivity contribution in [2.24, 2.45) is 0 Å². The fourth-order valence-electron chi connectivity index (χ4n) is 1.55. The third-order valence-electron chi connectivity index (χ3n) is 2.36. The van der Waals surface area contributed by atoms with Gasteiger partial charge in [0.2, 0.25) is 5.91 Å². The minimum atomic E-state index is -4.34. The molecule has 3 N–H and O–H groups in total. The van der Waals surface area contributed by atoms with Gasteiger partial charge in [-0.1, -0.05) is 0 Å². The molecule has 0 radical (unpaired) electrons. The number of aliphatic carboxylic acids is 1. The van der Waals surface area contributed by atoms with E-state index in [4.69, 9.17) is 5.11 Å². The first kappa shape index (κ1) is 15.2. The first-order valence-electron chi connectivity index (χ1n) is 5.15. The monoisotopic (exact) mass is 295 g/mol. The topological polar surface area (TPSA) is 142 Å². The Labute approximate surface area is 108 Å². The summed E-state index contributed by atoms with van der Waals surface area (Å²) in [7, 11) is -3.36. The largest absolute Gasteiger partial charge is 0.481 e. The second kappa shape index (κ2) is 5.84. The van der Waals surface area contributed by atoms with E-state index >= 15 is 0 Å². The molecular weight excluding hydrogens is 282 g/mol. The van der Waals surface area contributed by atoms with E-state index in [0.717, 1.165) is 7.11 Å². The Kier molecular flexibility index (Phi) is 4.67. The van der Waals surface area contributed by atoms with Crippen LogP contribution in [-0.2, 0) is 24.5 Å². The van der Waals surface area contributed by atoms with Crippen molar-refractivity contribution in [3.05, 3.63) is 0 Å². The Morgan fingerprint density at radius 3 is 2.74 bits per heavy atom. The lowest BCUT2D eigenvalue weighted by molar-refractivity contribution is -0.141. The molecule has 0 aromatic rings. The molecule has 0 spiro atoms. The Balaban J connectivity index is 2.96. The molecule has 1 unspecified atom stereocenters. The Hall–Kier alpha value is -1.88. The predicted octanol–water partition coefficient (Wildman–Crippen LogP) is -2.14. The van der Waals surface area contributed by atoms with Crippen LogP contribution in [0.2, 0.25) is 0 Å². The zero-order valence-electron chi connectivity index (χ0n) is 9.95. The molecule has 1 fully saturated rings. The van der Waals surface area contributed by atoms with Gasteiger partial charge >= 0.3 is 22.3 Å². The van der Waals surface area contributed by atoms with Crippen LogP contribution in [0, 0.1) is 0 Å². The third-order valence-corrected chi connectivity index (χ3v) is 3.84. The van der Waals surface area contributed by atoms with Gasteiger partial charge in [0.05, 0.1) is 13.5 Å². The molecule has 1 heterocycles. The number of nitrogens with one attached hydrogen (secondary N) is 2. The predicted molar refractivity (Wildman–Crippen MR) is 60.2 cm³/mol. The number of methoxy groups -OCH3 is 1. The van der Waals surface area contributed by atoms with Gasteiger partial charge in [-0.25, -0.2) is 9.52 Å². The molecule has 1 saturated heterocycles. The third kappa shape index (κ3) is 3.79. The molecule has 0 bridgehead atoms. The van der Waals surface area contributed by atoms with E-state index < -0.39 is 40.6 Å². The molecular formula is C8H13N3O7S. The summed E-state index contributed by atoms with van der Waals surface area (Å²) in [5.41, 5.74) is 0. The van der Waals surface area contributed by atoms with Gasteiger partial charge in [-0.3, -0.25) is 9.59 Å². The van der Waals surface area contributed by atoms with Crippen molar-refractivity contribution in [2.45, 2.75) is 12.5 Å². The zero-order chi connectivity index (χ0) is 14.6. The smallest absolute Gasteiger partial charge is 0.421 e. The maximum atomic E-state index is 11.8. The van der Waals surface area contributed by atoms with Crippen molar-refractivity contribution in [3.63, 3.8) is 0 Å². The first-order chi connectivity index (χ1) is 8.77. The number of carboxylic acids is 1. The summed E-state index contributed by atoms with van der Waals surface area (Å²) >= 11 is 0. The number of carbonyl (C=O) groups excluding carboxylic acids is 2. The van der Waals surface area contributed by atoms with Gasteiger partial charge in [-0.05, 0) is 0 Å². The van der Waals surface area contributed by atoms with Crippen LogP contribution in [0.15, 0.2) is 0 Å². The van der Waals surface area contributed by atoms with Crippen LogP contribution in [0.1, 0.15) is 6.42 Å². The van der Waals surface area contributed by atoms with Crippen LogP contribution in [0.4, 0.5) is 4.79 Å². The molecule has 2 amide bonds. The highest BCUT2D eigenvalue weighted by molar-refractivity contribution is 7.87. The number of rotatable bonds is 4. The molecule has 19 heavy (non-hydrogen) atoms. The number of hydrogen-bond acceptors (Lipinski definition) is 6. The lowest BCUT2D eigenvalue weighted by atomic mass is 10.1. The van der Waals surface area contributed by atoms with Crippen molar-refractivity contribution in [3.8, 4) is 0 Å². The second-order valence-corrected chi connectivity index (χ2v) is 5.24. The summed E-state index contributed by atoms with van der Waals surface area (Å²) in [5, 5.41) is 11.0. The van der Waals surface area contributed by atoms with Gasteiger partial charge in [0.25, 0.3) is 0 Å². The van der Waals surface area contributed by atoms with Crippen LogP contribution < -0.4 is 10.0 Å². The van der Waals surface area contributed by atoms with E-state index in [0.29, 0.717) is 4.31 Å². The van der Waals surface area contributed by atoms with Crippen LogP contribution in [0.25, 0.3) is 0 Å². The molecule has 1 aliphatic heterocycles. The van der Waals surface area contributed by atoms with E-state index in [2.05, 4.69) is 10.1 Å². The average molecular weight is 295 g/mol. The number of amides is 2. The maximum Gasteiger partial charge on any atom is 0.421 e.